The van der Waals surface area contributed by atoms with E-state index in [9.17, 15) is 19.1 Å². The molecule has 2 aliphatic rings. The average molecular weight is 604 g/mol. The van der Waals surface area contributed by atoms with E-state index >= 15 is 0 Å². The van der Waals surface area contributed by atoms with E-state index in [1.54, 1.807) is 54.6 Å². The van der Waals surface area contributed by atoms with E-state index in [-0.39, 0.29) is 28.4 Å². The quantitative estimate of drug-likeness (QED) is 0.0821. The molecule has 11 heteroatoms. The maximum Gasteiger partial charge on any atom is 0.301 e. The third-order valence-electron chi connectivity index (χ3n) is 6.98. The number of benzene rings is 3. The molecule has 1 saturated heterocycles. The van der Waals surface area contributed by atoms with Crippen LogP contribution in [0.5, 0.6) is 11.5 Å². The van der Waals surface area contributed by atoms with Crippen LogP contribution in [0, 0.1) is 5.82 Å². The van der Waals surface area contributed by atoms with Gasteiger partial charge in [-0.1, -0.05) is 47.4 Å². The average Bonchev–Trinajstić information content (AvgIpc) is 3.67. The summed E-state index contributed by atoms with van der Waals surface area (Å²) in [6, 6.07) is 17.6. The highest BCUT2D eigenvalue weighted by molar-refractivity contribution is 8.00. The molecule has 0 aliphatic carbocycles. The predicted octanol–water partition coefficient (Wildman–Crippen LogP) is 6.32. The molecule has 0 bridgehead atoms. The predicted molar refractivity (Wildman–Crippen MR) is 158 cm³/mol. The lowest BCUT2D eigenvalue weighted by atomic mass is 9.94. The normalized spacial score (nSPS) is 19.2. The van der Waals surface area contributed by atoms with Crippen molar-refractivity contribution in [3.05, 3.63) is 100 Å². The number of hydrogen-bond acceptors (Lipinski definition) is 9. The van der Waals surface area contributed by atoms with Gasteiger partial charge in [-0.2, -0.15) is 0 Å². The van der Waals surface area contributed by atoms with E-state index in [4.69, 9.17) is 9.47 Å². The second-order valence-electron chi connectivity index (χ2n) is 9.90. The number of carbonyl (C=O) groups excluding carboxylic acids is 2. The van der Waals surface area contributed by atoms with E-state index in [1.165, 1.54) is 28.8 Å². The van der Waals surface area contributed by atoms with Crippen molar-refractivity contribution in [3.8, 4) is 11.5 Å². The maximum absolute atomic E-state index is 13.6. The largest absolute Gasteiger partial charge is 0.507 e. The van der Waals surface area contributed by atoms with Crippen molar-refractivity contribution in [1.29, 1.82) is 0 Å². The van der Waals surface area contributed by atoms with Crippen LogP contribution < -0.4 is 14.4 Å². The molecule has 0 saturated carbocycles. The van der Waals surface area contributed by atoms with E-state index in [2.05, 4.69) is 10.2 Å². The Hall–Kier alpha value is -4.22. The van der Waals surface area contributed by atoms with Crippen molar-refractivity contribution in [3.63, 3.8) is 0 Å². The van der Waals surface area contributed by atoms with E-state index < -0.39 is 17.7 Å². The van der Waals surface area contributed by atoms with Gasteiger partial charge in [0.1, 0.15) is 29.2 Å². The minimum Gasteiger partial charge on any atom is -0.507 e. The number of ketones is 1. The highest BCUT2D eigenvalue weighted by Gasteiger charge is 2.48. The van der Waals surface area contributed by atoms with Crippen molar-refractivity contribution in [2.75, 3.05) is 11.5 Å². The Morgan fingerprint density at radius 3 is 2.74 bits per heavy atom. The number of anilines is 1. The van der Waals surface area contributed by atoms with Gasteiger partial charge < -0.3 is 14.6 Å². The first-order valence-electron chi connectivity index (χ1n) is 13.4. The monoisotopic (exact) mass is 603 g/mol. The Morgan fingerprint density at radius 2 is 1.95 bits per heavy atom. The van der Waals surface area contributed by atoms with Gasteiger partial charge in [0, 0.05) is 17.7 Å². The van der Waals surface area contributed by atoms with Gasteiger partial charge >= 0.3 is 5.91 Å². The van der Waals surface area contributed by atoms with Gasteiger partial charge in [0.15, 0.2) is 4.34 Å². The molecule has 8 nitrogen and oxygen atoms in total. The van der Waals surface area contributed by atoms with Gasteiger partial charge in [0.2, 0.25) is 5.13 Å². The van der Waals surface area contributed by atoms with E-state index in [1.807, 2.05) is 13.8 Å². The molecular formula is C31H26FN3O5S2. The van der Waals surface area contributed by atoms with Crippen LogP contribution >= 0.6 is 23.1 Å². The zero-order chi connectivity index (χ0) is 29.4. The number of nitrogens with zero attached hydrogens (tertiary/aromatic N) is 3. The number of ether oxygens (including phenoxy) is 2. The fourth-order valence-corrected chi connectivity index (χ4v) is 6.92. The van der Waals surface area contributed by atoms with Crippen molar-refractivity contribution >= 4 is 45.7 Å². The summed E-state index contributed by atoms with van der Waals surface area (Å²) in [5.74, 6) is -0.396. The molecule has 2 atom stereocenters. The van der Waals surface area contributed by atoms with Crippen LogP contribution in [0.2, 0.25) is 0 Å². The summed E-state index contributed by atoms with van der Waals surface area (Å²) >= 11 is 2.55. The summed E-state index contributed by atoms with van der Waals surface area (Å²) in [4.78, 5) is 28.4. The summed E-state index contributed by atoms with van der Waals surface area (Å²) in [5, 5.41) is 20.3. The molecule has 1 amide bonds. The maximum atomic E-state index is 13.6. The number of halogens is 1. The second kappa shape index (κ2) is 11.6. The minimum absolute atomic E-state index is 0.0109. The second-order valence-corrected chi connectivity index (χ2v) is 12.1. The molecule has 1 aromatic heterocycles. The molecule has 3 aromatic carbocycles. The zero-order valence-electron chi connectivity index (χ0n) is 22.7. The molecule has 0 unspecified atom stereocenters. The van der Waals surface area contributed by atoms with Crippen LogP contribution in [0.1, 0.15) is 42.1 Å². The molecule has 3 heterocycles. The summed E-state index contributed by atoms with van der Waals surface area (Å²) < 4.78 is 25.3. The number of fused-ring (bicyclic) bond motifs is 1. The molecule has 4 aromatic rings. The number of amides is 1. The molecule has 42 heavy (non-hydrogen) atoms. The highest BCUT2D eigenvalue weighted by atomic mass is 32.2. The van der Waals surface area contributed by atoms with Crippen LogP contribution in [0.3, 0.4) is 0 Å². The van der Waals surface area contributed by atoms with Crippen LogP contribution in [-0.2, 0) is 21.8 Å². The fourth-order valence-electron chi connectivity index (χ4n) is 5.10. The van der Waals surface area contributed by atoms with Gasteiger partial charge in [0.05, 0.1) is 18.2 Å². The Morgan fingerprint density at radius 1 is 1.14 bits per heavy atom. The summed E-state index contributed by atoms with van der Waals surface area (Å²) in [7, 11) is 0. The van der Waals surface area contributed by atoms with Crippen LogP contribution in [-0.4, -0.2) is 39.7 Å². The molecule has 0 radical (unpaired) electrons. The summed E-state index contributed by atoms with van der Waals surface area (Å²) in [6.45, 7) is 4.26. The van der Waals surface area contributed by atoms with Crippen molar-refractivity contribution in [2.45, 2.75) is 42.5 Å². The van der Waals surface area contributed by atoms with Crippen LogP contribution in [0.15, 0.2) is 76.6 Å². The van der Waals surface area contributed by atoms with Crippen LogP contribution in [0.4, 0.5) is 9.52 Å². The number of hydrogen-bond donors (Lipinski definition) is 1. The number of aromatic nitrogens is 2. The third-order valence-corrected chi connectivity index (χ3v) is 9.10. The lowest BCUT2D eigenvalue weighted by Crippen LogP contribution is -2.29. The summed E-state index contributed by atoms with van der Waals surface area (Å²) in [5.41, 5.74) is 2.78. The molecule has 1 fully saturated rings. The Bertz CT molecular complexity index is 1700. The Balaban J connectivity index is 1.39. The summed E-state index contributed by atoms with van der Waals surface area (Å²) in [6.07, 6.45) is 0.685. The number of rotatable bonds is 8. The first-order valence-corrected chi connectivity index (χ1v) is 15.2. The molecule has 2 aliphatic heterocycles. The topological polar surface area (TPSA) is 102 Å². The third kappa shape index (κ3) is 5.37. The van der Waals surface area contributed by atoms with Gasteiger partial charge in [-0.3, -0.25) is 14.5 Å². The zero-order valence-corrected chi connectivity index (χ0v) is 24.4. The molecule has 0 spiro atoms. The van der Waals surface area contributed by atoms with Gasteiger partial charge in [-0.25, -0.2) is 4.39 Å². The molecule has 214 valence electrons. The number of aliphatic hydroxyl groups is 1. The number of thioether (sulfide) groups is 1. The molecular weight excluding hydrogens is 577 g/mol. The lowest BCUT2D eigenvalue weighted by molar-refractivity contribution is -0.132. The van der Waals surface area contributed by atoms with E-state index in [0.29, 0.717) is 40.0 Å². The SMILES string of the molecule is CCOc1cccc([C@@H]2C(=C(O)c3ccc4c(c3)C[C@@H](C)O4)C(=O)C(=O)N2c2nnc(SCc3ccc(F)cc3)s2)c1. The standard InChI is InChI=1S/C31H26FN3O5S2/c1-3-39-23-6-4-5-19(15-23)26-25(27(36)20-9-12-24-21(14-20)13-17(2)40-24)28(37)29(38)35(26)30-33-34-31(42-30)41-16-18-7-10-22(32)11-8-18/h4-12,14-15,17,26,36H,3,13,16H2,1-2H3/t17-,26-/m1/s1. The fraction of sp³-hybridized carbons (Fsp3) is 0.226. The lowest BCUT2D eigenvalue weighted by Gasteiger charge is -2.23. The highest BCUT2D eigenvalue weighted by Crippen LogP contribution is 2.45. The Labute approximate surface area is 249 Å². The number of aliphatic hydroxyl groups excluding tert-OH is 1. The first kappa shape index (κ1) is 27.9. The van der Waals surface area contributed by atoms with Crippen LogP contribution in [0.25, 0.3) is 5.76 Å². The first-order chi connectivity index (χ1) is 20.3. The minimum atomic E-state index is -0.961. The molecule has 6 rings (SSSR count). The van der Waals surface area contributed by atoms with Crippen molar-refractivity contribution in [2.24, 2.45) is 0 Å². The van der Waals surface area contributed by atoms with Crippen molar-refractivity contribution in [1.82, 2.24) is 10.2 Å². The van der Waals surface area contributed by atoms with Gasteiger partial charge in [-0.15, -0.1) is 10.2 Å². The van der Waals surface area contributed by atoms with Gasteiger partial charge in [-0.05, 0) is 73.0 Å². The van der Waals surface area contributed by atoms with E-state index in [0.717, 1.165) is 28.2 Å². The Kier molecular flexibility index (Phi) is 7.70. The number of Topliss-reactive ketones (excluding diaryl/α,β-unsaturated/α-hetero) is 1. The smallest absolute Gasteiger partial charge is 0.301 e. The van der Waals surface area contributed by atoms with Crippen molar-refractivity contribution < 1.29 is 28.6 Å². The van der Waals surface area contributed by atoms with Gasteiger partial charge in [0.25, 0.3) is 5.78 Å². The number of carbonyl (C=O) groups is 2. The molecule has 1 N–H and O–H groups in total.